The van der Waals surface area contributed by atoms with Crippen LogP contribution in [0.2, 0.25) is 4.34 Å². The summed E-state index contributed by atoms with van der Waals surface area (Å²) >= 11 is 10.8. The molecule has 1 amide bonds. The van der Waals surface area contributed by atoms with Gasteiger partial charge in [-0.2, -0.15) is 0 Å². The average molecular weight is 374 g/mol. The quantitative estimate of drug-likeness (QED) is 0.807. The van der Waals surface area contributed by atoms with Gasteiger partial charge in [0.2, 0.25) is 0 Å². The minimum Gasteiger partial charge on any atom is -0.398 e. The second kappa shape index (κ2) is 6.61. The Kier molecular flexibility index (Phi) is 5.07. The lowest BCUT2D eigenvalue weighted by Gasteiger charge is -2.21. The number of carbonyl (C=O) groups excluding carboxylic acids is 1. The lowest BCUT2D eigenvalue weighted by Crippen LogP contribution is -2.30. The average Bonchev–Trinajstić information content (AvgIpc) is 2.84. The van der Waals surface area contributed by atoms with E-state index in [-0.39, 0.29) is 5.91 Å². The van der Waals surface area contributed by atoms with Crippen LogP contribution >= 0.6 is 38.9 Å². The van der Waals surface area contributed by atoms with E-state index < -0.39 is 0 Å². The molecular formula is C14H14BrClN2OS. The first-order chi connectivity index (χ1) is 9.52. The largest absolute Gasteiger partial charge is 0.398 e. The molecule has 1 aromatic carbocycles. The van der Waals surface area contributed by atoms with E-state index in [4.69, 9.17) is 17.3 Å². The van der Waals surface area contributed by atoms with Crippen molar-refractivity contribution < 1.29 is 4.79 Å². The van der Waals surface area contributed by atoms with Crippen molar-refractivity contribution in [3.63, 3.8) is 0 Å². The molecule has 0 saturated carbocycles. The molecule has 1 aromatic heterocycles. The highest BCUT2D eigenvalue weighted by Crippen LogP contribution is 2.27. The fraction of sp³-hybridized carbons (Fsp3) is 0.214. The standard InChI is InChI=1S/C14H14BrClN2OS/c1-2-18(8-9-6-7-12(16)20-9)14(19)10-4-3-5-11(17)13(10)15/h3-7H,2,8,17H2,1H3. The SMILES string of the molecule is CCN(Cc1ccc(Cl)s1)C(=O)c1cccc(N)c1Br. The van der Waals surface area contributed by atoms with Crippen LogP contribution in [0.15, 0.2) is 34.8 Å². The van der Waals surface area contributed by atoms with Gasteiger partial charge >= 0.3 is 0 Å². The highest BCUT2D eigenvalue weighted by Gasteiger charge is 2.18. The van der Waals surface area contributed by atoms with E-state index >= 15 is 0 Å². The number of hydrogen-bond acceptors (Lipinski definition) is 3. The molecule has 2 rings (SSSR count). The molecule has 2 N–H and O–H groups in total. The number of amides is 1. The Morgan fingerprint density at radius 1 is 1.40 bits per heavy atom. The van der Waals surface area contributed by atoms with Gasteiger partial charge in [-0.25, -0.2) is 0 Å². The molecule has 20 heavy (non-hydrogen) atoms. The first-order valence-corrected chi connectivity index (χ1v) is 8.09. The number of halogens is 2. The lowest BCUT2D eigenvalue weighted by molar-refractivity contribution is 0.0753. The third kappa shape index (κ3) is 3.34. The molecule has 0 radical (unpaired) electrons. The van der Waals surface area contributed by atoms with Crippen molar-refractivity contribution in [1.29, 1.82) is 0 Å². The molecule has 1 heterocycles. The summed E-state index contributed by atoms with van der Waals surface area (Å²) in [7, 11) is 0. The van der Waals surface area contributed by atoms with Crippen LogP contribution in [0.3, 0.4) is 0 Å². The number of hydrogen-bond donors (Lipinski definition) is 1. The van der Waals surface area contributed by atoms with Crippen molar-refractivity contribution in [3.05, 3.63) is 49.6 Å². The third-order valence-electron chi connectivity index (χ3n) is 2.90. The Morgan fingerprint density at radius 2 is 2.15 bits per heavy atom. The zero-order valence-corrected chi connectivity index (χ0v) is 14.1. The maximum Gasteiger partial charge on any atom is 0.255 e. The maximum absolute atomic E-state index is 12.6. The van der Waals surface area contributed by atoms with Gasteiger partial charge < -0.3 is 10.6 Å². The molecule has 0 aliphatic heterocycles. The van der Waals surface area contributed by atoms with Gasteiger partial charge in [0.25, 0.3) is 5.91 Å². The minimum absolute atomic E-state index is 0.0452. The van der Waals surface area contributed by atoms with Crippen LogP contribution < -0.4 is 5.73 Å². The molecule has 0 unspecified atom stereocenters. The zero-order valence-electron chi connectivity index (χ0n) is 10.9. The van der Waals surface area contributed by atoms with Gasteiger partial charge in [0.15, 0.2) is 0 Å². The van der Waals surface area contributed by atoms with Crippen LogP contribution in [0.5, 0.6) is 0 Å². The maximum atomic E-state index is 12.6. The highest BCUT2D eigenvalue weighted by atomic mass is 79.9. The monoisotopic (exact) mass is 372 g/mol. The van der Waals surface area contributed by atoms with E-state index in [1.54, 1.807) is 23.1 Å². The Morgan fingerprint density at radius 3 is 2.75 bits per heavy atom. The molecule has 3 nitrogen and oxygen atoms in total. The predicted molar refractivity (Wildman–Crippen MR) is 88.3 cm³/mol. The first kappa shape index (κ1) is 15.4. The summed E-state index contributed by atoms with van der Waals surface area (Å²) < 4.78 is 1.38. The van der Waals surface area contributed by atoms with Crippen molar-refractivity contribution in [2.45, 2.75) is 13.5 Å². The molecule has 2 aromatic rings. The Balaban J connectivity index is 2.23. The summed E-state index contributed by atoms with van der Waals surface area (Å²) in [4.78, 5) is 15.4. The number of benzene rings is 1. The molecule has 0 fully saturated rings. The van der Waals surface area contributed by atoms with E-state index in [2.05, 4.69) is 15.9 Å². The minimum atomic E-state index is -0.0452. The number of nitrogens with two attached hydrogens (primary N) is 1. The molecule has 6 heteroatoms. The number of thiophene rings is 1. The number of anilines is 1. The summed E-state index contributed by atoms with van der Waals surface area (Å²) in [6.45, 7) is 3.12. The Bertz CT molecular complexity index is 629. The van der Waals surface area contributed by atoms with Gasteiger partial charge in [0.1, 0.15) is 0 Å². The predicted octanol–water partition coefficient (Wildman–Crippen LogP) is 4.41. The molecule has 0 bridgehead atoms. The topological polar surface area (TPSA) is 46.3 Å². The van der Waals surface area contributed by atoms with Crippen molar-refractivity contribution in [3.8, 4) is 0 Å². The number of rotatable bonds is 4. The molecule has 106 valence electrons. The van der Waals surface area contributed by atoms with E-state index in [9.17, 15) is 4.79 Å². The summed E-state index contributed by atoms with van der Waals surface area (Å²) in [6, 6.07) is 9.10. The molecular weight excluding hydrogens is 360 g/mol. The van der Waals surface area contributed by atoms with E-state index in [0.717, 1.165) is 9.21 Å². The van der Waals surface area contributed by atoms with Gasteiger partial charge in [-0.3, -0.25) is 4.79 Å². The van der Waals surface area contributed by atoms with E-state index in [1.165, 1.54) is 11.3 Å². The smallest absolute Gasteiger partial charge is 0.255 e. The van der Waals surface area contributed by atoms with E-state index in [1.807, 2.05) is 19.1 Å². The summed E-state index contributed by atoms with van der Waals surface area (Å²) in [5, 5.41) is 0. The number of carbonyl (C=O) groups is 1. The summed E-state index contributed by atoms with van der Waals surface area (Å²) in [5.41, 5.74) is 6.96. The Hall–Kier alpha value is -1.04. The lowest BCUT2D eigenvalue weighted by atomic mass is 10.1. The molecule has 0 aliphatic carbocycles. The second-order valence-electron chi connectivity index (χ2n) is 4.23. The zero-order chi connectivity index (χ0) is 14.7. The first-order valence-electron chi connectivity index (χ1n) is 6.10. The van der Waals surface area contributed by atoms with Crippen LogP contribution in [-0.4, -0.2) is 17.4 Å². The number of nitrogens with zero attached hydrogens (tertiary/aromatic N) is 1. The second-order valence-corrected chi connectivity index (χ2v) is 6.83. The van der Waals surface area contributed by atoms with Crippen LogP contribution in [-0.2, 0) is 6.54 Å². The third-order valence-corrected chi connectivity index (χ3v) is 5.00. The molecule has 0 aliphatic rings. The summed E-state index contributed by atoms with van der Waals surface area (Å²) in [5.74, 6) is -0.0452. The fourth-order valence-electron chi connectivity index (χ4n) is 1.84. The van der Waals surface area contributed by atoms with Gasteiger partial charge in [-0.15, -0.1) is 11.3 Å². The van der Waals surface area contributed by atoms with Crippen LogP contribution in [0.25, 0.3) is 0 Å². The Labute approximate surface area is 135 Å². The van der Waals surface area contributed by atoms with Crippen molar-refractivity contribution in [1.82, 2.24) is 4.90 Å². The van der Waals surface area contributed by atoms with Crippen LogP contribution in [0, 0.1) is 0 Å². The number of nitrogen functional groups attached to an aromatic ring is 1. The molecule has 0 atom stereocenters. The normalized spacial score (nSPS) is 10.6. The van der Waals surface area contributed by atoms with Crippen molar-refractivity contribution in [2.75, 3.05) is 12.3 Å². The van der Waals surface area contributed by atoms with Crippen LogP contribution in [0.1, 0.15) is 22.2 Å². The van der Waals surface area contributed by atoms with Gasteiger partial charge in [0, 0.05) is 17.1 Å². The van der Waals surface area contributed by atoms with Gasteiger partial charge in [-0.05, 0) is 47.1 Å². The van der Waals surface area contributed by atoms with Crippen molar-refractivity contribution in [2.24, 2.45) is 0 Å². The van der Waals surface area contributed by atoms with Crippen molar-refractivity contribution >= 4 is 50.5 Å². The molecule has 0 spiro atoms. The fourth-order valence-corrected chi connectivity index (χ4v) is 3.37. The highest BCUT2D eigenvalue weighted by molar-refractivity contribution is 9.10. The van der Waals surface area contributed by atoms with E-state index in [0.29, 0.717) is 28.8 Å². The molecule has 0 saturated heterocycles. The van der Waals surface area contributed by atoms with Crippen LogP contribution in [0.4, 0.5) is 5.69 Å². The summed E-state index contributed by atoms with van der Waals surface area (Å²) in [6.07, 6.45) is 0. The van der Waals surface area contributed by atoms with Gasteiger partial charge in [-0.1, -0.05) is 17.7 Å². The van der Waals surface area contributed by atoms with Gasteiger partial charge in [0.05, 0.1) is 20.9 Å².